The molecule has 1 heterocycles. The molecule has 7 nitrogen and oxygen atoms in total. The number of hydrogen-bond donors (Lipinski definition) is 1. The Hall–Kier alpha value is -2.64. The van der Waals surface area contributed by atoms with Crippen LogP contribution in [0.5, 0.6) is 5.75 Å². The van der Waals surface area contributed by atoms with Gasteiger partial charge in [0.25, 0.3) is 5.91 Å². The molecule has 0 saturated heterocycles. The lowest BCUT2D eigenvalue weighted by Crippen LogP contribution is -2.34. The van der Waals surface area contributed by atoms with Gasteiger partial charge in [-0.05, 0) is 44.2 Å². The summed E-state index contributed by atoms with van der Waals surface area (Å²) in [6, 6.07) is 12.4. The van der Waals surface area contributed by atoms with Gasteiger partial charge >= 0.3 is 0 Å². The van der Waals surface area contributed by atoms with Crippen LogP contribution in [0.4, 0.5) is 0 Å². The molecule has 1 unspecified atom stereocenters. The minimum Gasteiger partial charge on any atom is -0.479 e. The number of aromatic nitrogens is 3. The van der Waals surface area contributed by atoms with Crippen LogP contribution in [-0.2, 0) is 11.3 Å². The van der Waals surface area contributed by atoms with Crippen molar-refractivity contribution in [2.24, 2.45) is 5.10 Å². The third-order valence-corrected chi connectivity index (χ3v) is 4.25. The standard InChI is InChI=1S/C18H17Cl2N5O2/c1-11(10-25-16-6-4-3-5-15(16)22-24-25)21-23-18(26)12(2)27-17-8-7-13(19)9-14(17)20/h3-9,12H,10H2,1-2H3,(H,23,26)/b21-11+. The maximum absolute atomic E-state index is 12.2. The van der Waals surface area contributed by atoms with Crippen molar-refractivity contribution in [2.45, 2.75) is 26.5 Å². The first-order chi connectivity index (χ1) is 12.9. The first-order valence-corrected chi connectivity index (χ1v) is 8.92. The fourth-order valence-electron chi connectivity index (χ4n) is 2.34. The van der Waals surface area contributed by atoms with Crippen molar-refractivity contribution in [2.75, 3.05) is 0 Å². The van der Waals surface area contributed by atoms with Crippen LogP contribution >= 0.6 is 23.2 Å². The van der Waals surface area contributed by atoms with Gasteiger partial charge in [-0.1, -0.05) is 40.5 Å². The van der Waals surface area contributed by atoms with Gasteiger partial charge in [0, 0.05) is 5.02 Å². The number of rotatable bonds is 6. The molecule has 1 amide bonds. The van der Waals surface area contributed by atoms with E-state index in [-0.39, 0.29) is 0 Å². The highest BCUT2D eigenvalue weighted by Gasteiger charge is 2.16. The summed E-state index contributed by atoms with van der Waals surface area (Å²) in [6.45, 7) is 3.80. The molecule has 2 aromatic carbocycles. The number of carbonyl (C=O) groups excluding carboxylic acids is 1. The molecule has 0 aliphatic carbocycles. The van der Waals surface area contributed by atoms with Gasteiger partial charge in [-0.15, -0.1) is 5.10 Å². The van der Waals surface area contributed by atoms with Crippen LogP contribution in [0.3, 0.4) is 0 Å². The number of ether oxygens (including phenoxy) is 1. The predicted molar refractivity (Wildman–Crippen MR) is 105 cm³/mol. The van der Waals surface area contributed by atoms with Crippen LogP contribution in [0, 0.1) is 0 Å². The maximum Gasteiger partial charge on any atom is 0.280 e. The van der Waals surface area contributed by atoms with E-state index < -0.39 is 12.0 Å². The van der Waals surface area contributed by atoms with Crippen molar-refractivity contribution in [3.8, 4) is 5.75 Å². The highest BCUT2D eigenvalue weighted by atomic mass is 35.5. The molecule has 140 valence electrons. The molecule has 0 aliphatic rings. The molecule has 1 aromatic heterocycles. The highest BCUT2D eigenvalue weighted by molar-refractivity contribution is 6.35. The first-order valence-electron chi connectivity index (χ1n) is 8.17. The molecule has 0 spiro atoms. The van der Waals surface area contributed by atoms with E-state index in [0.717, 1.165) is 11.0 Å². The van der Waals surface area contributed by atoms with Gasteiger partial charge in [-0.2, -0.15) is 5.10 Å². The summed E-state index contributed by atoms with van der Waals surface area (Å²) in [7, 11) is 0. The Balaban J connectivity index is 1.59. The van der Waals surface area contributed by atoms with E-state index >= 15 is 0 Å². The molecule has 0 bridgehead atoms. The van der Waals surface area contributed by atoms with Crippen molar-refractivity contribution >= 4 is 45.9 Å². The molecule has 1 N–H and O–H groups in total. The Bertz CT molecular complexity index is 1000. The third kappa shape index (κ3) is 4.75. The van der Waals surface area contributed by atoms with E-state index in [4.69, 9.17) is 27.9 Å². The lowest BCUT2D eigenvalue weighted by Gasteiger charge is -2.14. The number of nitrogens with zero attached hydrogens (tertiary/aromatic N) is 4. The number of hydrazone groups is 1. The summed E-state index contributed by atoms with van der Waals surface area (Å²) >= 11 is 11.9. The Morgan fingerprint density at radius 1 is 1.30 bits per heavy atom. The minimum atomic E-state index is -0.785. The Labute approximate surface area is 165 Å². The number of carbonyl (C=O) groups is 1. The zero-order valence-corrected chi connectivity index (χ0v) is 16.2. The molecule has 9 heteroatoms. The number of benzene rings is 2. The summed E-state index contributed by atoms with van der Waals surface area (Å²) in [5.41, 5.74) is 4.85. The molecule has 27 heavy (non-hydrogen) atoms. The maximum atomic E-state index is 12.2. The lowest BCUT2D eigenvalue weighted by atomic mass is 10.3. The number of halogens is 2. The van der Waals surface area contributed by atoms with Crippen LogP contribution in [-0.4, -0.2) is 32.7 Å². The second-order valence-corrected chi connectivity index (χ2v) is 6.74. The van der Waals surface area contributed by atoms with Crippen molar-refractivity contribution in [3.63, 3.8) is 0 Å². The van der Waals surface area contributed by atoms with Crippen LogP contribution in [0.1, 0.15) is 13.8 Å². The zero-order valence-electron chi connectivity index (χ0n) is 14.7. The minimum absolute atomic E-state index is 0.333. The molecule has 0 aliphatic heterocycles. The molecule has 3 rings (SSSR count). The Morgan fingerprint density at radius 3 is 2.85 bits per heavy atom. The van der Waals surface area contributed by atoms with Gasteiger partial charge < -0.3 is 4.74 Å². The molecule has 0 fully saturated rings. The average Bonchev–Trinajstić information content (AvgIpc) is 3.05. The summed E-state index contributed by atoms with van der Waals surface area (Å²) in [6.07, 6.45) is -0.785. The van der Waals surface area contributed by atoms with E-state index in [1.807, 2.05) is 24.3 Å². The van der Waals surface area contributed by atoms with E-state index in [0.29, 0.717) is 28.1 Å². The number of para-hydroxylation sites is 1. The Kier molecular flexibility index (Phi) is 5.93. The van der Waals surface area contributed by atoms with E-state index in [1.165, 1.54) is 0 Å². The van der Waals surface area contributed by atoms with Crippen LogP contribution in [0.25, 0.3) is 11.0 Å². The largest absolute Gasteiger partial charge is 0.479 e. The SMILES string of the molecule is C/C(Cn1nnc2ccccc21)=N\NC(=O)C(C)Oc1ccc(Cl)cc1Cl. The summed E-state index contributed by atoms with van der Waals surface area (Å²) in [4.78, 5) is 12.2. The molecular weight excluding hydrogens is 389 g/mol. The predicted octanol–water partition coefficient (Wildman–Crippen LogP) is 3.70. The van der Waals surface area contributed by atoms with Gasteiger partial charge in [-0.3, -0.25) is 4.79 Å². The fourth-order valence-corrected chi connectivity index (χ4v) is 2.80. The quantitative estimate of drug-likeness (QED) is 0.500. The summed E-state index contributed by atoms with van der Waals surface area (Å²) in [5.74, 6) is -0.0256. The molecular formula is C18H17Cl2N5O2. The second kappa shape index (κ2) is 8.37. The number of fused-ring (bicyclic) bond motifs is 1. The van der Waals surface area contributed by atoms with Crippen LogP contribution in [0.15, 0.2) is 47.6 Å². The zero-order chi connectivity index (χ0) is 19.4. The summed E-state index contributed by atoms with van der Waals surface area (Å²) in [5, 5.41) is 13.1. The van der Waals surface area contributed by atoms with E-state index in [9.17, 15) is 4.79 Å². The van der Waals surface area contributed by atoms with Gasteiger partial charge in [0.05, 0.1) is 22.8 Å². The summed E-state index contributed by atoms with van der Waals surface area (Å²) < 4.78 is 7.27. The third-order valence-electron chi connectivity index (χ3n) is 3.72. The smallest absolute Gasteiger partial charge is 0.280 e. The first kappa shape index (κ1) is 19.1. The number of amides is 1. The fraction of sp³-hybridized carbons (Fsp3) is 0.222. The Morgan fingerprint density at radius 2 is 2.07 bits per heavy atom. The average molecular weight is 406 g/mol. The normalized spacial score (nSPS) is 12.8. The van der Waals surface area contributed by atoms with Crippen LogP contribution < -0.4 is 10.2 Å². The lowest BCUT2D eigenvalue weighted by molar-refractivity contribution is -0.127. The molecule has 1 atom stereocenters. The van der Waals surface area contributed by atoms with Crippen molar-refractivity contribution in [1.82, 2.24) is 20.4 Å². The van der Waals surface area contributed by atoms with Crippen molar-refractivity contribution in [1.29, 1.82) is 0 Å². The highest BCUT2D eigenvalue weighted by Crippen LogP contribution is 2.28. The van der Waals surface area contributed by atoms with E-state index in [1.54, 1.807) is 36.7 Å². The van der Waals surface area contributed by atoms with E-state index in [2.05, 4.69) is 20.8 Å². The van der Waals surface area contributed by atoms with Gasteiger partial charge in [0.1, 0.15) is 11.3 Å². The molecule has 3 aromatic rings. The monoisotopic (exact) mass is 405 g/mol. The van der Waals surface area contributed by atoms with Gasteiger partial charge in [-0.25, -0.2) is 10.1 Å². The number of hydrogen-bond acceptors (Lipinski definition) is 5. The van der Waals surface area contributed by atoms with Crippen LogP contribution in [0.2, 0.25) is 10.0 Å². The molecule has 0 saturated carbocycles. The van der Waals surface area contributed by atoms with Crippen molar-refractivity contribution in [3.05, 3.63) is 52.5 Å². The van der Waals surface area contributed by atoms with Gasteiger partial charge in [0.15, 0.2) is 6.10 Å². The molecule has 0 radical (unpaired) electrons. The van der Waals surface area contributed by atoms with Crippen molar-refractivity contribution < 1.29 is 9.53 Å². The topological polar surface area (TPSA) is 81.4 Å². The van der Waals surface area contributed by atoms with Gasteiger partial charge in [0.2, 0.25) is 0 Å². The second-order valence-electron chi connectivity index (χ2n) is 5.89. The number of nitrogens with one attached hydrogen (secondary N) is 1.